The van der Waals surface area contributed by atoms with E-state index in [0.717, 1.165) is 17.4 Å². The third-order valence-corrected chi connectivity index (χ3v) is 5.11. The molecule has 2 aliphatic heterocycles. The third kappa shape index (κ3) is 2.44. The molecule has 0 N–H and O–H groups in total. The largest absolute Gasteiger partial charge is 0.294 e. The van der Waals surface area contributed by atoms with E-state index in [9.17, 15) is 17.6 Å². The number of guanidine groups is 1. The van der Waals surface area contributed by atoms with Crippen LogP contribution in [0.3, 0.4) is 0 Å². The van der Waals surface area contributed by atoms with Crippen molar-refractivity contribution in [1.82, 2.24) is 9.97 Å². The normalized spacial score (nSPS) is 16.4. The Bertz CT molecular complexity index is 1070. The van der Waals surface area contributed by atoms with E-state index in [2.05, 4.69) is 15.0 Å². The van der Waals surface area contributed by atoms with Gasteiger partial charge in [0.2, 0.25) is 21.0 Å². The van der Waals surface area contributed by atoms with Gasteiger partial charge in [-0.3, -0.25) is 14.7 Å². The average molecular weight is 396 g/mol. The number of halogens is 2. The van der Waals surface area contributed by atoms with Gasteiger partial charge >= 0.3 is 0 Å². The third-order valence-electron chi connectivity index (χ3n) is 3.95. The molecular formula is C15H11ClFN5O3S. The van der Waals surface area contributed by atoms with Crippen LogP contribution in [-0.2, 0) is 9.84 Å². The predicted octanol–water partition coefficient (Wildman–Crippen LogP) is 1.51. The molecule has 1 aromatic heterocycles. The number of nitrogens with zero attached hydrogens (tertiary/aromatic N) is 5. The number of rotatable bonds is 2. The van der Waals surface area contributed by atoms with Crippen molar-refractivity contribution in [3.63, 3.8) is 0 Å². The first-order valence-electron chi connectivity index (χ1n) is 7.46. The number of anilines is 2. The Labute approximate surface area is 152 Å². The summed E-state index contributed by atoms with van der Waals surface area (Å²) in [5.74, 6) is -1.04. The maximum absolute atomic E-state index is 14.4. The van der Waals surface area contributed by atoms with Gasteiger partial charge in [-0.2, -0.15) is 4.98 Å². The van der Waals surface area contributed by atoms with E-state index in [1.165, 1.54) is 18.2 Å². The lowest BCUT2D eigenvalue weighted by Crippen LogP contribution is -2.51. The molecule has 3 heterocycles. The molecule has 0 saturated heterocycles. The van der Waals surface area contributed by atoms with Crippen molar-refractivity contribution < 1.29 is 17.6 Å². The number of aromatic nitrogens is 2. The summed E-state index contributed by atoms with van der Waals surface area (Å²) in [4.78, 5) is 27.6. The van der Waals surface area contributed by atoms with Gasteiger partial charge in [0.15, 0.2) is 5.82 Å². The van der Waals surface area contributed by atoms with Crippen LogP contribution in [0.15, 0.2) is 34.5 Å². The molecule has 2 aliphatic rings. The van der Waals surface area contributed by atoms with Crippen LogP contribution in [0, 0.1) is 5.82 Å². The van der Waals surface area contributed by atoms with Gasteiger partial charge in [0.25, 0.3) is 5.91 Å². The molecule has 0 bridgehead atoms. The highest BCUT2D eigenvalue weighted by Crippen LogP contribution is 2.36. The van der Waals surface area contributed by atoms with Gasteiger partial charge in [-0.25, -0.2) is 22.7 Å². The van der Waals surface area contributed by atoms with Gasteiger partial charge in [-0.05, 0) is 12.1 Å². The standard InChI is InChI=1S/C15H11ClFN5O3S/c1-26(24,25)14-19-7-8-12(20-14)21-6-5-18-15(21)22(13(8)23)11-9(16)3-2-4-10(11)17/h2-4,7H,5-6H2,1H3. The van der Waals surface area contributed by atoms with Gasteiger partial charge in [0.1, 0.15) is 17.1 Å². The molecule has 0 unspecified atom stereocenters. The van der Waals surface area contributed by atoms with Crippen LogP contribution in [0.25, 0.3) is 0 Å². The highest BCUT2D eigenvalue weighted by atomic mass is 35.5. The van der Waals surface area contributed by atoms with Crippen molar-refractivity contribution in [1.29, 1.82) is 0 Å². The highest BCUT2D eigenvalue weighted by Gasteiger charge is 2.41. The molecule has 1 aromatic carbocycles. The quantitative estimate of drug-likeness (QED) is 0.715. The first-order valence-corrected chi connectivity index (χ1v) is 9.73. The molecule has 8 nitrogen and oxygen atoms in total. The number of hydrogen-bond donors (Lipinski definition) is 0. The molecule has 1 amide bonds. The molecule has 0 saturated carbocycles. The number of carbonyl (C=O) groups excluding carboxylic acids is 1. The number of hydrogen-bond acceptors (Lipinski definition) is 7. The van der Waals surface area contributed by atoms with Crippen LogP contribution in [0.2, 0.25) is 5.02 Å². The summed E-state index contributed by atoms with van der Waals surface area (Å²) in [5.41, 5.74) is -0.0831. The zero-order valence-corrected chi connectivity index (χ0v) is 14.9. The molecule has 0 radical (unpaired) electrons. The fourth-order valence-corrected chi connectivity index (χ4v) is 3.58. The van der Waals surface area contributed by atoms with Crippen molar-refractivity contribution in [2.24, 2.45) is 4.99 Å². The van der Waals surface area contributed by atoms with Crippen molar-refractivity contribution in [2.45, 2.75) is 5.16 Å². The fourth-order valence-electron chi connectivity index (χ4n) is 2.84. The Hall–Kier alpha value is -2.59. The van der Waals surface area contributed by atoms with Crippen molar-refractivity contribution >= 4 is 44.8 Å². The second-order valence-corrected chi connectivity index (χ2v) is 8.02. The van der Waals surface area contributed by atoms with Gasteiger partial charge < -0.3 is 0 Å². The van der Waals surface area contributed by atoms with Crippen LogP contribution in [0.5, 0.6) is 0 Å². The van der Waals surface area contributed by atoms with Crippen LogP contribution < -0.4 is 9.80 Å². The molecular weight excluding hydrogens is 385 g/mol. The minimum atomic E-state index is -3.66. The maximum atomic E-state index is 14.4. The Morgan fingerprint density at radius 1 is 1.31 bits per heavy atom. The molecule has 134 valence electrons. The fraction of sp³-hybridized carbons (Fsp3) is 0.200. The van der Waals surface area contributed by atoms with Gasteiger partial charge in [-0.1, -0.05) is 17.7 Å². The van der Waals surface area contributed by atoms with Crippen molar-refractivity contribution in [3.05, 3.63) is 40.8 Å². The summed E-state index contributed by atoms with van der Waals surface area (Å²) in [6.45, 7) is 0.696. The second kappa shape index (κ2) is 5.71. The SMILES string of the molecule is CS(=O)(=O)c1ncc2c(n1)N1CCN=C1N(c1c(F)cccc1Cl)C2=O. The number of sulfone groups is 1. The number of carbonyl (C=O) groups is 1. The summed E-state index contributed by atoms with van der Waals surface area (Å²) in [6.07, 6.45) is 2.10. The lowest BCUT2D eigenvalue weighted by molar-refractivity contribution is 0.0998. The molecule has 11 heteroatoms. The molecule has 0 aliphatic carbocycles. The minimum absolute atomic E-state index is 0.0394. The van der Waals surface area contributed by atoms with Gasteiger partial charge in [0, 0.05) is 19.0 Å². The minimum Gasteiger partial charge on any atom is -0.294 e. The molecule has 0 atom stereocenters. The Kier molecular flexibility index (Phi) is 3.70. The summed E-state index contributed by atoms with van der Waals surface area (Å²) >= 11 is 6.11. The maximum Gasteiger partial charge on any atom is 0.270 e. The number of amides is 1. The summed E-state index contributed by atoms with van der Waals surface area (Å²) in [5, 5.41) is -0.349. The van der Waals surface area contributed by atoms with E-state index in [0.29, 0.717) is 13.1 Å². The lowest BCUT2D eigenvalue weighted by Gasteiger charge is -2.34. The number of fused-ring (bicyclic) bond motifs is 3. The number of aliphatic imine (C=N–C) groups is 1. The number of para-hydroxylation sites is 1. The van der Waals surface area contributed by atoms with Crippen LogP contribution in [-0.4, -0.2) is 49.6 Å². The van der Waals surface area contributed by atoms with E-state index < -0.39 is 26.7 Å². The van der Waals surface area contributed by atoms with Gasteiger partial charge in [-0.15, -0.1) is 0 Å². The van der Waals surface area contributed by atoms with Crippen LogP contribution >= 0.6 is 11.6 Å². The smallest absolute Gasteiger partial charge is 0.270 e. The number of benzene rings is 1. The van der Waals surface area contributed by atoms with E-state index in [-0.39, 0.29) is 28.1 Å². The Morgan fingerprint density at radius 2 is 2.08 bits per heavy atom. The molecule has 26 heavy (non-hydrogen) atoms. The highest BCUT2D eigenvalue weighted by molar-refractivity contribution is 7.90. The first-order chi connectivity index (χ1) is 12.3. The first kappa shape index (κ1) is 16.9. The summed E-state index contributed by atoms with van der Waals surface area (Å²) in [6, 6.07) is 4.08. The summed E-state index contributed by atoms with van der Waals surface area (Å²) < 4.78 is 37.9. The lowest BCUT2D eigenvalue weighted by atomic mass is 10.1. The Morgan fingerprint density at radius 3 is 2.77 bits per heavy atom. The van der Waals surface area contributed by atoms with E-state index >= 15 is 0 Å². The summed E-state index contributed by atoms with van der Waals surface area (Å²) in [7, 11) is -3.66. The van der Waals surface area contributed by atoms with Crippen molar-refractivity contribution in [2.75, 3.05) is 29.1 Å². The van der Waals surface area contributed by atoms with Crippen LogP contribution in [0.1, 0.15) is 10.4 Å². The topological polar surface area (TPSA) is 95.8 Å². The monoisotopic (exact) mass is 395 g/mol. The zero-order chi connectivity index (χ0) is 18.6. The van der Waals surface area contributed by atoms with Crippen molar-refractivity contribution in [3.8, 4) is 0 Å². The van der Waals surface area contributed by atoms with E-state index in [4.69, 9.17) is 11.6 Å². The molecule has 4 rings (SSSR count). The molecule has 0 fully saturated rings. The molecule has 0 spiro atoms. The average Bonchev–Trinajstić information content (AvgIpc) is 3.05. The van der Waals surface area contributed by atoms with E-state index in [1.54, 1.807) is 4.90 Å². The van der Waals surface area contributed by atoms with E-state index in [1.807, 2.05) is 0 Å². The molecule has 2 aromatic rings. The predicted molar refractivity (Wildman–Crippen MR) is 93.0 cm³/mol. The van der Waals surface area contributed by atoms with Gasteiger partial charge in [0.05, 0.1) is 11.6 Å². The zero-order valence-electron chi connectivity index (χ0n) is 13.3. The second-order valence-electron chi connectivity index (χ2n) is 5.71. The Balaban J connectivity index is 1.94. The van der Waals surface area contributed by atoms with Crippen LogP contribution in [0.4, 0.5) is 15.9 Å².